The minimum absolute atomic E-state index is 0.314. The van der Waals surface area contributed by atoms with Crippen LogP contribution >= 0.6 is 0 Å². The Morgan fingerprint density at radius 1 is 1.12 bits per heavy atom. The molecule has 0 amide bonds. The third kappa shape index (κ3) is 2.47. The molecule has 0 radical (unpaired) electrons. The Morgan fingerprint density at radius 2 is 1.84 bits per heavy atom. The molecule has 0 aliphatic carbocycles. The van der Waals surface area contributed by atoms with Gasteiger partial charge in [-0.2, -0.15) is 9.40 Å². The molecule has 1 aliphatic rings. The van der Waals surface area contributed by atoms with Crippen LogP contribution in [0.5, 0.6) is 0 Å². The highest BCUT2D eigenvalue weighted by molar-refractivity contribution is 7.89. The maximum atomic E-state index is 12.8. The number of aromatic nitrogens is 4. The molecule has 2 aromatic heterocycles. The van der Waals surface area contributed by atoms with Gasteiger partial charge in [-0.15, -0.1) is 0 Å². The lowest BCUT2D eigenvalue weighted by Crippen LogP contribution is -2.27. The van der Waals surface area contributed by atoms with Crippen LogP contribution in [-0.4, -0.2) is 45.1 Å². The lowest BCUT2D eigenvalue weighted by Gasteiger charge is -2.15. The topological polar surface area (TPSA) is 73.0 Å². The van der Waals surface area contributed by atoms with Crippen molar-refractivity contribution in [1.82, 2.24) is 23.6 Å². The highest BCUT2D eigenvalue weighted by Crippen LogP contribution is 2.28. The summed E-state index contributed by atoms with van der Waals surface area (Å²) in [7, 11) is 0.393. The van der Waals surface area contributed by atoms with Gasteiger partial charge in [0, 0.05) is 32.9 Å². The van der Waals surface area contributed by atoms with Crippen LogP contribution in [0.15, 0.2) is 29.3 Å². The van der Waals surface area contributed by atoms with Crippen LogP contribution in [0.2, 0.25) is 0 Å². The molecule has 7 nitrogen and oxygen atoms in total. The molecule has 0 bridgehead atoms. The zero-order valence-corrected chi connectivity index (χ0v) is 15.4. The molecule has 25 heavy (non-hydrogen) atoms. The van der Waals surface area contributed by atoms with Crippen LogP contribution in [0.3, 0.4) is 0 Å². The first-order valence-corrected chi connectivity index (χ1v) is 9.79. The van der Waals surface area contributed by atoms with Crippen LogP contribution in [0.4, 0.5) is 0 Å². The van der Waals surface area contributed by atoms with Crippen LogP contribution in [-0.2, 0) is 24.1 Å². The largest absolute Gasteiger partial charge is 0.327 e. The van der Waals surface area contributed by atoms with Gasteiger partial charge in [0.05, 0.1) is 27.7 Å². The Kier molecular flexibility index (Phi) is 3.69. The molecular weight excluding hydrogens is 338 g/mol. The number of imidazole rings is 1. The van der Waals surface area contributed by atoms with Crippen LogP contribution in [0, 0.1) is 6.92 Å². The Balaban J connectivity index is 1.83. The number of aryl methyl sites for hydroxylation is 2. The quantitative estimate of drug-likeness (QED) is 0.718. The number of nitrogens with zero attached hydrogens (tertiary/aromatic N) is 5. The highest BCUT2D eigenvalue weighted by atomic mass is 32.2. The molecule has 132 valence electrons. The summed E-state index contributed by atoms with van der Waals surface area (Å²) in [6.07, 6.45) is 3.64. The number of hydrogen-bond donors (Lipinski definition) is 0. The number of fused-ring (bicyclic) bond motifs is 1. The molecule has 0 N–H and O–H groups in total. The predicted octanol–water partition coefficient (Wildman–Crippen LogP) is 2.07. The summed E-state index contributed by atoms with van der Waals surface area (Å²) in [5.74, 6) is 0.788. The van der Waals surface area contributed by atoms with Gasteiger partial charge in [-0.3, -0.25) is 4.68 Å². The van der Waals surface area contributed by atoms with E-state index in [1.54, 1.807) is 27.3 Å². The van der Waals surface area contributed by atoms with E-state index >= 15 is 0 Å². The fraction of sp³-hybridized carbons (Fsp3) is 0.412. The molecule has 3 aromatic rings. The minimum atomic E-state index is -3.43. The van der Waals surface area contributed by atoms with Crippen molar-refractivity contribution in [2.24, 2.45) is 14.1 Å². The van der Waals surface area contributed by atoms with Gasteiger partial charge >= 0.3 is 0 Å². The maximum absolute atomic E-state index is 12.8. The van der Waals surface area contributed by atoms with E-state index in [1.807, 2.05) is 31.7 Å². The van der Waals surface area contributed by atoms with E-state index < -0.39 is 10.0 Å². The normalized spacial score (nSPS) is 16.1. The van der Waals surface area contributed by atoms with Gasteiger partial charge in [-0.1, -0.05) is 0 Å². The van der Waals surface area contributed by atoms with E-state index in [0.717, 1.165) is 35.4 Å². The van der Waals surface area contributed by atoms with Gasteiger partial charge in [-0.05, 0) is 38.0 Å². The van der Waals surface area contributed by atoms with Crippen molar-refractivity contribution in [3.05, 3.63) is 30.1 Å². The minimum Gasteiger partial charge on any atom is -0.327 e. The third-order valence-electron chi connectivity index (χ3n) is 5.03. The number of benzene rings is 1. The van der Waals surface area contributed by atoms with Gasteiger partial charge in [0.15, 0.2) is 0 Å². The standard InChI is InChI=1S/C17H21N5O2S/c1-12-14(11-18-21(12)3)17-19-15-10-13(6-7-16(15)20(17)2)25(23,24)22-8-4-5-9-22/h6-7,10-11H,4-5,8-9H2,1-3H3. The predicted molar refractivity (Wildman–Crippen MR) is 95.6 cm³/mol. The van der Waals surface area contributed by atoms with Gasteiger partial charge in [0.1, 0.15) is 5.82 Å². The fourth-order valence-corrected chi connectivity index (χ4v) is 4.91. The third-order valence-corrected chi connectivity index (χ3v) is 6.93. The molecule has 3 heterocycles. The summed E-state index contributed by atoms with van der Waals surface area (Å²) in [5, 5.41) is 4.27. The molecule has 0 atom stereocenters. The zero-order valence-electron chi connectivity index (χ0n) is 14.6. The number of hydrogen-bond acceptors (Lipinski definition) is 4. The van der Waals surface area contributed by atoms with E-state index in [1.165, 1.54) is 0 Å². The molecule has 1 aliphatic heterocycles. The van der Waals surface area contributed by atoms with Crippen molar-refractivity contribution in [3.63, 3.8) is 0 Å². The van der Waals surface area contributed by atoms with E-state index in [0.29, 0.717) is 23.5 Å². The Labute approximate surface area is 146 Å². The fourth-order valence-electron chi connectivity index (χ4n) is 3.38. The average Bonchev–Trinajstić information content (AvgIpc) is 3.30. The Morgan fingerprint density at radius 3 is 2.48 bits per heavy atom. The lowest BCUT2D eigenvalue weighted by molar-refractivity contribution is 0.477. The molecule has 0 unspecified atom stereocenters. The monoisotopic (exact) mass is 359 g/mol. The first kappa shape index (κ1) is 16.3. The van der Waals surface area contributed by atoms with E-state index in [9.17, 15) is 8.42 Å². The summed E-state index contributed by atoms with van der Waals surface area (Å²) in [5.41, 5.74) is 3.55. The second-order valence-electron chi connectivity index (χ2n) is 6.52. The summed E-state index contributed by atoms with van der Waals surface area (Å²) < 4.78 is 30.9. The van der Waals surface area contributed by atoms with Gasteiger partial charge in [0.2, 0.25) is 10.0 Å². The Bertz CT molecular complexity index is 1060. The van der Waals surface area contributed by atoms with Crippen molar-refractivity contribution < 1.29 is 8.42 Å². The van der Waals surface area contributed by atoms with E-state index in [2.05, 4.69) is 10.1 Å². The van der Waals surface area contributed by atoms with Crippen molar-refractivity contribution in [1.29, 1.82) is 0 Å². The molecule has 1 aromatic carbocycles. The number of sulfonamides is 1. The summed E-state index contributed by atoms with van der Waals surface area (Å²) in [4.78, 5) is 5.00. The molecule has 0 spiro atoms. The SMILES string of the molecule is Cc1c(-c2nc3cc(S(=O)(=O)N4CCCC4)ccc3n2C)cnn1C. The molecular formula is C17H21N5O2S. The van der Waals surface area contributed by atoms with Crippen LogP contribution in [0.25, 0.3) is 22.4 Å². The molecule has 1 fully saturated rings. The maximum Gasteiger partial charge on any atom is 0.243 e. The smallest absolute Gasteiger partial charge is 0.243 e. The van der Waals surface area contributed by atoms with Crippen molar-refractivity contribution >= 4 is 21.1 Å². The first-order chi connectivity index (χ1) is 11.9. The molecule has 4 rings (SSSR count). The Hall–Kier alpha value is -2.19. The van der Waals surface area contributed by atoms with Crippen LogP contribution < -0.4 is 0 Å². The van der Waals surface area contributed by atoms with Gasteiger partial charge < -0.3 is 4.57 Å². The zero-order chi connectivity index (χ0) is 17.8. The van der Waals surface area contributed by atoms with E-state index in [4.69, 9.17) is 0 Å². The first-order valence-electron chi connectivity index (χ1n) is 8.35. The molecule has 1 saturated heterocycles. The highest BCUT2D eigenvalue weighted by Gasteiger charge is 2.27. The van der Waals surface area contributed by atoms with Crippen molar-refractivity contribution in [2.75, 3.05) is 13.1 Å². The molecule has 8 heteroatoms. The molecule has 0 saturated carbocycles. The summed E-state index contributed by atoms with van der Waals surface area (Å²) in [6.45, 7) is 3.19. The second kappa shape index (κ2) is 5.67. The van der Waals surface area contributed by atoms with Crippen LogP contribution in [0.1, 0.15) is 18.5 Å². The van der Waals surface area contributed by atoms with Gasteiger partial charge in [0.25, 0.3) is 0 Å². The number of rotatable bonds is 3. The summed E-state index contributed by atoms with van der Waals surface area (Å²) in [6, 6.07) is 5.19. The van der Waals surface area contributed by atoms with Gasteiger partial charge in [-0.25, -0.2) is 13.4 Å². The van der Waals surface area contributed by atoms with E-state index in [-0.39, 0.29) is 0 Å². The van der Waals surface area contributed by atoms with Crippen molar-refractivity contribution in [2.45, 2.75) is 24.7 Å². The average molecular weight is 359 g/mol. The lowest BCUT2D eigenvalue weighted by atomic mass is 10.2. The van der Waals surface area contributed by atoms with Crippen molar-refractivity contribution in [3.8, 4) is 11.4 Å². The summed E-state index contributed by atoms with van der Waals surface area (Å²) >= 11 is 0. The second-order valence-corrected chi connectivity index (χ2v) is 8.46.